The van der Waals surface area contributed by atoms with Gasteiger partial charge in [-0.15, -0.1) is 22.7 Å². The summed E-state index contributed by atoms with van der Waals surface area (Å²) >= 11 is 3.52. The van der Waals surface area contributed by atoms with Crippen molar-refractivity contribution in [2.75, 3.05) is 0 Å². The van der Waals surface area contributed by atoms with Gasteiger partial charge in [-0.05, 0) is 93.7 Å². The van der Waals surface area contributed by atoms with Crippen LogP contribution in [0.3, 0.4) is 0 Å². The van der Waals surface area contributed by atoms with Gasteiger partial charge in [0, 0.05) is 20.5 Å². The minimum absolute atomic E-state index is 0.949. The normalized spacial score (nSPS) is 11.8. The summed E-state index contributed by atoms with van der Waals surface area (Å²) in [5.41, 5.74) is 8.66. The SMILES string of the molecule is C(=C\c1ccc2cc(-c3cccs3)ccc2n1)/c1ccc(/C=C/c2ccc3cc(-c4cccs4)ccc3n2)cc1. The molecule has 0 amide bonds. The summed E-state index contributed by atoms with van der Waals surface area (Å²) < 4.78 is 0. The zero-order valence-electron chi connectivity index (χ0n) is 21.6. The molecule has 7 rings (SSSR count). The summed E-state index contributed by atoms with van der Waals surface area (Å²) in [4.78, 5) is 12.2. The van der Waals surface area contributed by atoms with E-state index in [0.717, 1.165) is 44.3 Å². The van der Waals surface area contributed by atoms with E-state index in [4.69, 9.17) is 9.97 Å². The van der Waals surface area contributed by atoms with Crippen molar-refractivity contribution in [1.29, 1.82) is 0 Å². The summed E-state index contributed by atoms with van der Waals surface area (Å²) in [6.45, 7) is 0. The molecule has 0 spiro atoms. The number of aromatic nitrogens is 2. The second kappa shape index (κ2) is 10.9. The monoisotopic (exact) mass is 548 g/mol. The minimum Gasteiger partial charge on any atom is -0.248 e. The van der Waals surface area contributed by atoms with Crippen LogP contribution in [0.1, 0.15) is 22.5 Å². The van der Waals surface area contributed by atoms with Gasteiger partial charge in [0.2, 0.25) is 0 Å². The fraction of sp³-hybridized carbons (Fsp3) is 0. The van der Waals surface area contributed by atoms with Crippen LogP contribution in [0.15, 0.2) is 120 Å². The summed E-state index contributed by atoms with van der Waals surface area (Å²) in [5.74, 6) is 0. The molecule has 0 aliphatic rings. The quantitative estimate of drug-likeness (QED) is 0.207. The van der Waals surface area contributed by atoms with Gasteiger partial charge in [-0.3, -0.25) is 0 Å². The second-order valence-electron chi connectivity index (χ2n) is 9.58. The Morgan fingerprint density at radius 3 is 1.35 bits per heavy atom. The molecule has 0 saturated carbocycles. The number of benzene rings is 3. The van der Waals surface area contributed by atoms with Crippen LogP contribution in [0, 0.1) is 0 Å². The zero-order valence-corrected chi connectivity index (χ0v) is 23.2. The predicted molar refractivity (Wildman–Crippen MR) is 174 cm³/mol. The molecule has 0 N–H and O–H groups in total. The maximum absolute atomic E-state index is 4.83. The first-order valence-electron chi connectivity index (χ1n) is 13.1. The van der Waals surface area contributed by atoms with Crippen molar-refractivity contribution in [2.45, 2.75) is 0 Å². The molecule has 4 heterocycles. The van der Waals surface area contributed by atoms with Gasteiger partial charge in [0.15, 0.2) is 0 Å². The van der Waals surface area contributed by atoms with Crippen molar-refractivity contribution in [3.8, 4) is 20.9 Å². The standard InChI is InChI=1S/C36H24N2S2/c1-3-35(39-21-1)29-13-19-33-27(23-29)11-17-31(37-33)15-9-25-5-7-26(8-6-25)10-16-32-18-12-28-24-30(14-20-34(28)38-32)36-4-2-22-40-36/h1-24H/b15-9+,16-10+. The van der Waals surface area contributed by atoms with E-state index in [0.29, 0.717) is 0 Å². The third-order valence-electron chi connectivity index (χ3n) is 6.86. The van der Waals surface area contributed by atoms with E-state index < -0.39 is 0 Å². The van der Waals surface area contributed by atoms with Gasteiger partial charge < -0.3 is 0 Å². The maximum Gasteiger partial charge on any atom is 0.0709 e. The lowest BCUT2D eigenvalue weighted by molar-refractivity contribution is 1.37. The Labute approximate surface area is 241 Å². The van der Waals surface area contributed by atoms with E-state index in [2.05, 4.69) is 144 Å². The van der Waals surface area contributed by atoms with Gasteiger partial charge in [-0.25, -0.2) is 9.97 Å². The van der Waals surface area contributed by atoms with Gasteiger partial charge in [0.25, 0.3) is 0 Å². The molecule has 0 unspecified atom stereocenters. The van der Waals surface area contributed by atoms with E-state index in [1.54, 1.807) is 22.7 Å². The number of nitrogens with zero attached hydrogens (tertiary/aromatic N) is 2. The van der Waals surface area contributed by atoms with E-state index >= 15 is 0 Å². The molecule has 190 valence electrons. The van der Waals surface area contributed by atoms with Crippen LogP contribution in [0.5, 0.6) is 0 Å². The molecule has 0 aliphatic heterocycles. The maximum atomic E-state index is 4.83. The summed E-state index contributed by atoms with van der Waals surface area (Å²) in [7, 11) is 0. The second-order valence-corrected chi connectivity index (χ2v) is 11.5. The van der Waals surface area contributed by atoms with Crippen LogP contribution >= 0.6 is 22.7 Å². The van der Waals surface area contributed by atoms with Gasteiger partial charge in [0.05, 0.1) is 22.4 Å². The number of hydrogen-bond donors (Lipinski definition) is 0. The van der Waals surface area contributed by atoms with Crippen LogP contribution in [0.25, 0.3) is 67.0 Å². The average molecular weight is 549 g/mol. The van der Waals surface area contributed by atoms with Crippen LogP contribution in [0.2, 0.25) is 0 Å². The molecular weight excluding hydrogens is 525 g/mol. The van der Waals surface area contributed by atoms with E-state index in [1.807, 2.05) is 0 Å². The van der Waals surface area contributed by atoms with Crippen molar-refractivity contribution in [2.24, 2.45) is 0 Å². The fourth-order valence-electron chi connectivity index (χ4n) is 4.74. The van der Waals surface area contributed by atoms with Crippen molar-refractivity contribution in [3.63, 3.8) is 0 Å². The Morgan fingerprint density at radius 1 is 0.450 bits per heavy atom. The van der Waals surface area contributed by atoms with Crippen molar-refractivity contribution in [1.82, 2.24) is 9.97 Å². The number of fused-ring (bicyclic) bond motifs is 2. The first-order chi connectivity index (χ1) is 19.8. The largest absolute Gasteiger partial charge is 0.248 e. The van der Waals surface area contributed by atoms with Gasteiger partial charge in [0.1, 0.15) is 0 Å². The van der Waals surface area contributed by atoms with Crippen molar-refractivity contribution < 1.29 is 0 Å². The lowest BCUT2D eigenvalue weighted by Gasteiger charge is -2.03. The molecule has 4 heteroatoms. The molecular formula is C36H24N2S2. The van der Waals surface area contributed by atoms with Crippen LogP contribution in [0.4, 0.5) is 0 Å². The lowest BCUT2D eigenvalue weighted by atomic mass is 10.1. The van der Waals surface area contributed by atoms with Crippen LogP contribution in [-0.4, -0.2) is 9.97 Å². The summed E-state index contributed by atoms with van der Waals surface area (Å²) in [6.07, 6.45) is 8.36. The number of thiophene rings is 2. The first kappa shape index (κ1) is 24.4. The highest BCUT2D eigenvalue weighted by Gasteiger charge is 2.04. The molecule has 0 atom stereocenters. The molecule has 3 aromatic carbocycles. The summed E-state index contributed by atoms with van der Waals surface area (Å²) in [6, 6.07) is 38.4. The number of pyridine rings is 2. The number of hydrogen-bond acceptors (Lipinski definition) is 4. The highest BCUT2D eigenvalue weighted by Crippen LogP contribution is 2.29. The molecule has 0 bridgehead atoms. The van der Waals surface area contributed by atoms with Gasteiger partial charge in [-0.1, -0.05) is 72.8 Å². The molecule has 0 aliphatic carbocycles. The van der Waals surface area contributed by atoms with E-state index in [-0.39, 0.29) is 0 Å². The fourth-order valence-corrected chi connectivity index (χ4v) is 6.19. The van der Waals surface area contributed by atoms with Gasteiger partial charge in [-0.2, -0.15) is 0 Å². The van der Waals surface area contributed by atoms with Gasteiger partial charge >= 0.3 is 0 Å². The molecule has 0 radical (unpaired) electrons. The first-order valence-corrected chi connectivity index (χ1v) is 14.9. The molecule has 7 aromatic rings. The Kier molecular flexibility index (Phi) is 6.62. The number of rotatable bonds is 6. The van der Waals surface area contributed by atoms with E-state index in [1.165, 1.54) is 20.9 Å². The van der Waals surface area contributed by atoms with Crippen molar-refractivity contribution >= 4 is 68.8 Å². The molecule has 40 heavy (non-hydrogen) atoms. The van der Waals surface area contributed by atoms with E-state index in [9.17, 15) is 0 Å². The Bertz CT molecular complexity index is 1840. The predicted octanol–water partition coefficient (Wildman–Crippen LogP) is 10.6. The van der Waals surface area contributed by atoms with Crippen LogP contribution in [-0.2, 0) is 0 Å². The minimum atomic E-state index is 0.949. The van der Waals surface area contributed by atoms with Crippen molar-refractivity contribution in [3.05, 3.63) is 142 Å². The lowest BCUT2D eigenvalue weighted by Crippen LogP contribution is -1.84. The Hall–Kier alpha value is -4.64. The Morgan fingerprint density at radius 2 is 0.925 bits per heavy atom. The zero-order chi connectivity index (χ0) is 26.7. The third kappa shape index (κ3) is 5.28. The molecule has 0 fully saturated rings. The highest BCUT2D eigenvalue weighted by molar-refractivity contribution is 7.13. The topological polar surface area (TPSA) is 25.8 Å². The smallest absolute Gasteiger partial charge is 0.0709 e. The Balaban J connectivity index is 1.03. The third-order valence-corrected chi connectivity index (χ3v) is 8.70. The molecule has 0 saturated heterocycles. The van der Waals surface area contributed by atoms with Crippen LogP contribution < -0.4 is 0 Å². The molecule has 4 aromatic heterocycles. The highest BCUT2D eigenvalue weighted by atomic mass is 32.1. The summed E-state index contributed by atoms with van der Waals surface area (Å²) in [5, 5.41) is 6.53. The molecule has 2 nitrogen and oxygen atoms in total. The average Bonchev–Trinajstić information content (AvgIpc) is 3.74.